The summed E-state index contributed by atoms with van der Waals surface area (Å²) in [5.41, 5.74) is 3.88. The number of nitriles is 1. The Morgan fingerprint density at radius 3 is 2.48 bits per heavy atom. The van der Waals surface area contributed by atoms with Crippen LogP contribution in [0, 0.1) is 11.3 Å². The first-order valence-corrected chi connectivity index (χ1v) is 8.60. The standard InChI is InChI=1S/C20H17N3O2/c21-11-13-1-3-14(4-2-13)12-23-17-10-19-18(24-7-8-25-19)9-16(17)22-20(23)15-5-6-15/h1-4,9-10,15H,5-8,12H2. The van der Waals surface area contributed by atoms with Gasteiger partial charge in [-0.3, -0.25) is 0 Å². The van der Waals surface area contributed by atoms with E-state index in [1.807, 2.05) is 36.4 Å². The van der Waals surface area contributed by atoms with Crippen LogP contribution in [0.3, 0.4) is 0 Å². The molecule has 0 bridgehead atoms. The molecule has 5 rings (SSSR count). The molecule has 0 amide bonds. The van der Waals surface area contributed by atoms with E-state index in [0.717, 1.165) is 40.5 Å². The minimum absolute atomic E-state index is 0.546. The van der Waals surface area contributed by atoms with E-state index in [0.29, 0.717) is 24.7 Å². The highest BCUT2D eigenvalue weighted by Gasteiger charge is 2.30. The molecular weight excluding hydrogens is 314 g/mol. The average molecular weight is 331 g/mol. The fourth-order valence-corrected chi connectivity index (χ4v) is 3.37. The maximum atomic E-state index is 8.97. The number of benzene rings is 2. The monoisotopic (exact) mass is 331 g/mol. The number of hydrogen-bond donors (Lipinski definition) is 0. The van der Waals surface area contributed by atoms with Crippen molar-refractivity contribution in [2.24, 2.45) is 0 Å². The van der Waals surface area contributed by atoms with Gasteiger partial charge in [0.25, 0.3) is 0 Å². The Kier molecular flexibility index (Phi) is 3.17. The second kappa shape index (κ2) is 5.52. The molecule has 0 radical (unpaired) electrons. The Bertz CT molecular complexity index is 994. The Morgan fingerprint density at radius 2 is 1.80 bits per heavy atom. The van der Waals surface area contributed by atoms with Crippen LogP contribution in [0.4, 0.5) is 0 Å². The minimum atomic E-state index is 0.546. The van der Waals surface area contributed by atoms with Gasteiger partial charge in [0.15, 0.2) is 11.5 Å². The van der Waals surface area contributed by atoms with Gasteiger partial charge < -0.3 is 14.0 Å². The van der Waals surface area contributed by atoms with Gasteiger partial charge in [-0.15, -0.1) is 0 Å². The van der Waals surface area contributed by atoms with Crippen LogP contribution < -0.4 is 9.47 Å². The number of ether oxygens (including phenoxy) is 2. The van der Waals surface area contributed by atoms with Crippen molar-refractivity contribution in [1.82, 2.24) is 9.55 Å². The molecule has 0 atom stereocenters. The Balaban J connectivity index is 1.61. The number of aromatic nitrogens is 2. The third kappa shape index (κ3) is 2.51. The van der Waals surface area contributed by atoms with Gasteiger partial charge in [-0.25, -0.2) is 4.98 Å². The average Bonchev–Trinajstić information content (AvgIpc) is 3.44. The van der Waals surface area contributed by atoms with Crippen molar-refractivity contribution in [3.63, 3.8) is 0 Å². The van der Waals surface area contributed by atoms with E-state index in [1.54, 1.807) is 0 Å². The van der Waals surface area contributed by atoms with Crippen molar-refractivity contribution in [2.75, 3.05) is 13.2 Å². The zero-order valence-electron chi connectivity index (χ0n) is 13.7. The lowest BCUT2D eigenvalue weighted by atomic mass is 10.1. The first-order chi connectivity index (χ1) is 12.3. The van der Waals surface area contributed by atoms with Gasteiger partial charge in [-0.2, -0.15) is 5.26 Å². The van der Waals surface area contributed by atoms with Gasteiger partial charge in [-0.05, 0) is 30.5 Å². The van der Waals surface area contributed by atoms with E-state index in [9.17, 15) is 0 Å². The normalized spacial score (nSPS) is 16.0. The van der Waals surface area contributed by atoms with Gasteiger partial charge in [0.1, 0.15) is 19.0 Å². The van der Waals surface area contributed by atoms with Gasteiger partial charge >= 0.3 is 0 Å². The van der Waals surface area contributed by atoms with E-state index in [-0.39, 0.29) is 0 Å². The third-order valence-electron chi connectivity index (χ3n) is 4.81. The van der Waals surface area contributed by atoms with Gasteiger partial charge in [-0.1, -0.05) is 12.1 Å². The zero-order chi connectivity index (χ0) is 16.8. The summed E-state index contributed by atoms with van der Waals surface area (Å²) in [7, 11) is 0. The van der Waals surface area contributed by atoms with Gasteiger partial charge in [0.2, 0.25) is 0 Å². The second-order valence-corrected chi connectivity index (χ2v) is 6.62. The molecule has 1 saturated carbocycles. The molecule has 2 aromatic carbocycles. The number of rotatable bonds is 3. The maximum absolute atomic E-state index is 8.97. The summed E-state index contributed by atoms with van der Waals surface area (Å²) in [6.45, 7) is 1.91. The van der Waals surface area contributed by atoms with Crippen molar-refractivity contribution < 1.29 is 9.47 Å². The summed E-state index contributed by atoms with van der Waals surface area (Å²) in [5, 5.41) is 8.97. The Morgan fingerprint density at radius 1 is 1.08 bits per heavy atom. The van der Waals surface area contributed by atoms with E-state index < -0.39 is 0 Å². The summed E-state index contributed by atoms with van der Waals surface area (Å²) >= 11 is 0. The van der Waals surface area contributed by atoms with Crippen LogP contribution >= 0.6 is 0 Å². The van der Waals surface area contributed by atoms with Crippen LogP contribution in [0.5, 0.6) is 11.5 Å². The molecule has 0 unspecified atom stereocenters. The highest BCUT2D eigenvalue weighted by molar-refractivity contribution is 5.81. The minimum Gasteiger partial charge on any atom is -0.486 e. The number of fused-ring (bicyclic) bond motifs is 2. The van der Waals surface area contributed by atoms with Gasteiger partial charge in [0.05, 0.1) is 22.7 Å². The Hall–Kier alpha value is -3.00. The topological polar surface area (TPSA) is 60.1 Å². The smallest absolute Gasteiger partial charge is 0.163 e. The predicted octanol–water partition coefficient (Wildman–Crippen LogP) is 3.60. The summed E-state index contributed by atoms with van der Waals surface area (Å²) < 4.78 is 13.7. The molecule has 2 aliphatic rings. The second-order valence-electron chi connectivity index (χ2n) is 6.62. The summed E-state index contributed by atoms with van der Waals surface area (Å²) in [6.07, 6.45) is 2.40. The highest BCUT2D eigenvalue weighted by Crippen LogP contribution is 2.42. The molecule has 1 aromatic heterocycles. The number of hydrogen-bond acceptors (Lipinski definition) is 4. The molecule has 0 saturated heterocycles. The van der Waals surface area contributed by atoms with E-state index in [1.165, 1.54) is 12.8 Å². The van der Waals surface area contributed by atoms with Crippen LogP contribution in [0.15, 0.2) is 36.4 Å². The lowest BCUT2D eigenvalue weighted by Gasteiger charge is -2.18. The molecule has 5 heteroatoms. The molecule has 0 N–H and O–H groups in total. The predicted molar refractivity (Wildman–Crippen MR) is 93.0 cm³/mol. The van der Waals surface area contributed by atoms with Crippen molar-refractivity contribution in [1.29, 1.82) is 5.26 Å². The molecule has 0 spiro atoms. The lowest BCUT2D eigenvalue weighted by molar-refractivity contribution is 0.172. The van der Waals surface area contributed by atoms with E-state index in [4.69, 9.17) is 19.7 Å². The fraction of sp³-hybridized carbons (Fsp3) is 0.300. The molecule has 1 fully saturated rings. The summed E-state index contributed by atoms with van der Waals surface area (Å²) in [4.78, 5) is 4.89. The summed E-state index contributed by atoms with van der Waals surface area (Å²) in [6, 6.07) is 14.0. The first-order valence-electron chi connectivity index (χ1n) is 8.60. The summed E-state index contributed by atoms with van der Waals surface area (Å²) in [5.74, 6) is 3.26. The highest BCUT2D eigenvalue weighted by atomic mass is 16.6. The van der Waals surface area contributed by atoms with Crippen LogP contribution in [-0.4, -0.2) is 22.8 Å². The van der Waals surface area contributed by atoms with Crippen LogP contribution in [0.1, 0.15) is 35.7 Å². The van der Waals surface area contributed by atoms with E-state index >= 15 is 0 Å². The maximum Gasteiger partial charge on any atom is 0.163 e. The van der Waals surface area contributed by atoms with Crippen molar-refractivity contribution in [2.45, 2.75) is 25.3 Å². The SMILES string of the molecule is N#Cc1ccc(Cn2c(C3CC3)nc3cc4c(cc32)OCCO4)cc1. The Labute approximate surface area is 145 Å². The molecular formula is C20H17N3O2. The third-order valence-corrected chi connectivity index (χ3v) is 4.81. The zero-order valence-corrected chi connectivity index (χ0v) is 13.7. The van der Waals surface area contributed by atoms with Crippen LogP contribution in [0.25, 0.3) is 11.0 Å². The van der Waals surface area contributed by atoms with Gasteiger partial charge in [0, 0.05) is 24.6 Å². The molecule has 5 nitrogen and oxygen atoms in total. The van der Waals surface area contributed by atoms with Crippen molar-refractivity contribution in [3.8, 4) is 17.6 Å². The molecule has 124 valence electrons. The van der Waals surface area contributed by atoms with Crippen molar-refractivity contribution in [3.05, 3.63) is 53.3 Å². The molecule has 2 heterocycles. The van der Waals surface area contributed by atoms with E-state index in [2.05, 4.69) is 10.6 Å². The molecule has 25 heavy (non-hydrogen) atoms. The largest absolute Gasteiger partial charge is 0.486 e. The van der Waals surface area contributed by atoms with Crippen molar-refractivity contribution >= 4 is 11.0 Å². The first kappa shape index (κ1) is 14.4. The number of imidazole rings is 1. The molecule has 1 aliphatic heterocycles. The molecule has 1 aliphatic carbocycles. The number of nitrogens with zero attached hydrogens (tertiary/aromatic N) is 3. The fourth-order valence-electron chi connectivity index (χ4n) is 3.37. The lowest BCUT2D eigenvalue weighted by Crippen LogP contribution is -2.15. The molecule has 3 aromatic rings. The quantitative estimate of drug-likeness (QED) is 0.736. The van der Waals surface area contributed by atoms with Crippen LogP contribution in [-0.2, 0) is 6.54 Å². The van der Waals surface area contributed by atoms with Crippen LogP contribution in [0.2, 0.25) is 0 Å².